The van der Waals surface area contributed by atoms with Gasteiger partial charge in [-0.3, -0.25) is 4.79 Å². The molecule has 0 fully saturated rings. The van der Waals surface area contributed by atoms with Crippen molar-refractivity contribution in [2.45, 2.75) is 45.7 Å². The first-order valence-corrected chi connectivity index (χ1v) is 19.8. The average Bonchev–Trinajstić information content (AvgIpc) is 3.55. The number of benzene rings is 5. The molecule has 0 saturated carbocycles. The molecule has 2 N–H and O–H groups in total. The van der Waals surface area contributed by atoms with E-state index in [0.717, 1.165) is 15.4 Å². The van der Waals surface area contributed by atoms with Crippen molar-refractivity contribution >= 4 is 49.3 Å². The fourth-order valence-corrected chi connectivity index (χ4v) is 8.61. The van der Waals surface area contributed by atoms with Crippen LogP contribution in [0.5, 0.6) is 5.75 Å². The van der Waals surface area contributed by atoms with Gasteiger partial charge >= 0.3 is 0 Å². The van der Waals surface area contributed by atoms with Crippen LogP contribution in [0.25, 0.3) is 0 Å². The van der Waals surface area contributed by atoms with Crippen LogP contribution in [0.3, 0.4) is 0 Å². The number of nitrogens with one attached hydrogen (secondary N) is 1. The molecule has 1 heterocycles. The average molecular weight is 786 g/mol. The Morgan fingerprint density at radius 2 is 1.55 bits per heavy atom. The molecule has 5 aromatic carbocycles. The molecule has 0 aliphatic carbocycles. The quantitative estimate of drug-likeness (QED) is 0.104. The van der Waals surface area contributed by atoms with Crippen LogP contribution in [-0.4, -0.2) is 49.8 Å². The number of hydrogen-bond donors (Lipinski definition) is 2. The molecule has 1 amide bonds. The largest absolute Gasteiger partial charge is 0.494 e. The van der Waals surface area contributed by atoms with E-state index >= 15 is 0 Å². The molecule has 0 spiro atoms. The summed E-state index contributed by atoms with van der Waals surface area (Å²) in [4.78, 5) is 22.0. The number of rotatable bonds is 15. The van der Waals surface area contributed by atoms with Crippen molar-refractivity contribution in [2.75, 3.05) is 19.0 Å². The maximum Gasteiger partial charge on any atom is 0.252 e. The lowest BCUT2D eigenvalue weighted by Crippen LogP contribution is -2.49. The van der Waals surface area contributed by atoms with Crippen LogP contribution in [0.1, 0.15) is 35.6 Å². The molecule has 262 valence electrons. The van der Waals surface area contributed by atoms with Gasteiger partial charge < -0.3 is 19.9 Å². The van der Waals surface area contributed by atoms with E-state index in [1.807, 2.05) is 78.9 Å². The number of carbonyl (C=O) groups is 1. The van der Waals surface area contributed by atoms with Crippen molar-refractivity contribution in [1.29, 1.82) is 0 Å². The van der Waals surface area contributed by atoms with Crippen molar-refractivity contribution in [1.82, 2.24) is 5.32 Å². The van der Waals surface area contributed by atoms with Gasteiger partial charge in [0.2, 0.25) is 5.90 Å². The molecular formula is C40H37BrN2O6S2. The van der Waals surface area contributed by atoms with Gasteiger partial charge in [-0.05, 0) is 66.2 Å². The Morgan fingerprint density at radius 3 is 2.27 bits per heavy atom. The SMILES string of the molecule is O=C(NCc1ccccc1Sc1ccccc1)[C@]1(CCS(=O)(=O)c2ccccc2)N=C(c2ccc(OCCCO)cc2)O[C@@H]1c1ccccc1Br. The second kappa shape index (κ2) is 16.7. The van der Waals surface area contributed by atoms with E-state index in [2.05, 4.69) is 21.2 Å². The first-order valence-electron chi connectivity index (χ1n) is 16.5. The highest BCUT2D eigenvalue weighted by Gasteiger charge is 2.54. The molecule has 11 heteroatoms. The van der Waals surface area contributed by atoms with Gasteiger partial charge in [-0.25, -0.2) is 13.4 Å². The molecule has 0 saturated heterocycles. The van der Waals surface area contributed by atoms with E-state index in [0.29, 0.717) is 34.4 Å². The zero-order chi connectivity index (χ0) is 35.7. The maximum atomic E-state index is 14.8. The van der Waals surface area contributed by atoms with E-state index < -0.39 is 27.4 Å². The van der Waals surface area contributed by atoms with Gasteiger partial charge in [0, 0.05) is 51.4 Å². The smallest absolute Gasteiger partial charge is 0.252 e. The van der Waals surface area contributed by atoms with Crippen LogP contribution in [-0.2, 0) is 25.9 Å². The topological polar surface area (TPSA) is 114 Å². The van der Waals surface area contributed by atoms with Crippen molar-refractivity contribution in [3.8, 4) is 5.75 Å². The number of amides is 1. The molecule has 0 bridgehead atoms. The third-order valence-electron chi connectivity index (χ3n) is 8.45. The number of halogens is 1. The third kappa shape index (κ3) is 8.73. The van der Waals surface area contributed by atoms with Crippen LogP contribution < -0.4 is 10.1 Å². The molecule has 51 heavy (non-hydrogen) atoms. The lowest BCUT2D eigenvalue weighted by Gasteiger charge is -2.31. The lowest BCUT2D eigenvalue weighted by atomic mass is 9.85. The number of aliphatic hydroxyl groups is 1. The molecule has 0 aromatic heterocycles. The van der Waals surface area contributed by atoms with Crippen LogP contribution >= 0.6 is 27.7 Å². The van der Waals surface area contributed by atoms with Crippen LogP contribution in [0.15, 0.2) is 158 Å². The minimum atomic E-state index is -3.80. The summed E-state index contributed by atoms with van der Waals surface area (Å²) < 4.78 is 40.4. The summed E-state index contributed by atoms with van der Waals surface area (Å²) in [5, 5.41) is 12.2. The molecule has 1 aliphatic heterocycles. The van der Waals surface area contributed by atoms with E-state index in [4.69, 9.17) is 19.6 Å². The Morgan fingerprint density at radius 1 is 0.882 bits per heavy atom. The van der Waals surface area contributed by atoms with Crippen molar-refractivity contribution < 1.29 is 27.8 Å². The third-order valence-corrected chi connectivity index (χ3v) is 12.0. The Labute approximate surface area is 311 Å². The molecule has 1 aliphatic rings. The number of nitrogens with zero attached hydrogens (tertiary/aromatic N) is 1. The van der Waals surface area contributed by atoms with E-state index in [1.165, 1.54) is 0 Å². The van der Waals surface area contributed by atoms with Gasteiger partial charge in [-0.15, -0.1) is 0 Å². The van der Waals surface area contributed by atoms with Crippen LogP contribution in [0.4, 0.5) is 0 Å². The van der Waals surface area contributed by atoms with Crippen molar-refractivity contribution in [3.63, 3.8) is 0 Å². The molecule has 5 aromatic rings. The minimum absolute atomic E-state index is 0.0285. The summed E-state index contributed by atoms with van der Waals surface area (Å²) in [6, 6.07) is 40.6. The lowest BCUT2D eigenvalue weighted by molar-refractivity contribution is -0.129. The highest BCUT2D eigenvalue weighted by molar-refractivity contribution is 9.10. The van der Waals surface area contributed by atoms with Gasteiger partial charge in [0.1, 0.15) is 5.75 Å². The van der Waals surface area contributed by atoms with Crippen molar-refractivity contribution in [2.24, 2.45) is 4.99 Å². The summed E-state index contributed by atoms with van der Waals surface area (Å²) in [6.07, 6.45) is -0.596. The zero-order valence-electron chi connectivity index (χ0n) is 27.7. The molecule has 8 nitrogen and oxygen atoms in total. The van der Waals surface area contributed by atoms with Gasteiger partial charge in [0.15, 0.2) is 21.5 Å². The number of ether oxygens (including phenoxy) is 2. The van der Waals surface area contributed by atoms with Gasteiger partial charge in [0.25, 0.3) is 5.91 Å². The Kier molecular flexibility index (Phi) is 11.9. The normalized spacial score (nSPS) is 17.0. The van der Waals surface area contributed by atoms with E-state index in [-0.39, 0.29) is 36.1 Å². The molecule has 0 radical (unpaired) electrons. The summed E-state index contributed by atoms with van der Waals surface area (Å²) in [5.41, 5.74) is 0.516. The molecular weight excluding hydrogens is 748 g/mol. The number of sulfone groups is 1. The second-order valence-corrected chi connectivity index (χ2v) is 16.0. The van der Waals surface area contributed by atoms with Gasteiger partial charge in [-0.1, -0.05) is 100 Å². The molecule has 2 atom stereocenters. The monoisotopic (exact) mass is 784 g/mol. The first kappa shape index (κ1) is 36.4. The first-order chi connectivity index (χ1) is 24.8. The van der Waals surface area contributed by atoms with Crippen LogP contribution in [0.2, 0.25) is 0 Å². The Bertz CT molecular complexity index is 2080. The number of carbonyl (C=O) groups excluding carboxylic acids is 1. The predicted octanol–water partition coefficient (Wildman–Crippen LogP) is 7.80. The number of aliphatic hydroxyl groups excluding tert-OH is 1. The number of aliphatic imine (C=N–C) groups is 1. The highest BCUT2D eigenvalue weighted by Crippen LogP contribution is 2.45. The van der Waals surface area contributed by atoms with Crippen molar-refractivity contribution in [3.05, 3.63) is 155 Å². The van der Waals surface area contributed by atoms with Crippen LogP contribution in [0, 0.1) is 0 Å². The predicted molar refractivity (Wildman–Crippen MR) is 203 cm³/mol. The van der Waals surface area contributed by atoms with Gasteiger partial charge in [0.05, 0.1) is 17.3 Å². The summed E-state index contributed by atoms with van der Waals surface area (Å²) in [6.45, 7) is 0.583. The standard InChI is InChI=1S/C40H37BrN2O6S2/c41-35-18-9-8-17-34(35)37-40(24-27-51(46,47)33-15-5-2-6-16-33,43-38(49-37)29-20-22-31(23-21-29)48-26-11-25-44)39(45)42-28-30-12-7-10-19-36(30)50-32-13-3-1-4-14-32/h1-10,12-23,37,44H,11,24-28H2,(H,42,45)/t37-,40-/m1/s1. The minimum Gasteiger partial charge on any atom is -0.494 e. The summed E-state index contributed by atoms with van der Waals surface area (Å²) in [5.74, 6) is 0.0250. The summed E-state index contributed by atoms with van der Waals surface area (Å²) >= 11 is 5.25. The maximum absolute atomic E-state index is 14.8. The molecule has 6 rings (SSSR count). The Hall–Kier alpha value is -4.42. The highest BCUT2D eigenvalue weighted by atomic mass is 79.9. The van der Waals surface area contributed by atoms with Gasteiger partial charge in [-0.2, -0.15) is 0 Å². The fourth-order valence-electron chi connectivity index (χ4n) is 5.76. The Balaban J connectivity index is 1.38. The summed E-state index contributed by atoms with van der Waals surface area (Å²) in [7, 11) is -3.80. The second-order valence-electron chi connectivity index (χ2n) is 11.9. The molecule has 0 unspecified atom stereocenters. The number of hydrogen-bond acceptors (Lipinski definition) is 8. The van der Waals surface area contributed by atoms with E-state index in [9.17, 15) is 13.2 Å². The zero-order valence-corrected chi connectivity index (χ0v) is 30.9. The fraction of sp³-hybridized carbons (Fsp3) is 0.200. The van der Waals surface area contributed by atoms with E-state index in [1.54, 1.807) is 66.4 Å².